The molecule has 1 heteroatoms. The van der Waals surface area contributed by atoms with Crippen LogP contribution in [0.1, 0.15) is 0 Å². The maximum Gasteiger partial charge on any atom is 0.0540 e. The van der Waals surface area contributed by atoms with Crippen LogP contribution in [0.15, 0.2) is 176 Å². The molecule has 0 aromatic heterocycles. The Balaban J connectivity index is 1.45. The number of rotatable bonds is 6. The predicted octanol–water partition coefficient (Wildman–Crippen LogP) is 11.3. The molecule has 0 fully saturated rings. The monoisotopic (exact) mass is 523 g/mol. The molecule has 41 heavy (non-hydrogen) atoms. The van der Waals surface area contributed by atoms with Gasteiger partial charge in [0.05, 0.1) is 11.4 Å². The van der Waals surface area contributed by atoms with E-state index in [4.69, 9.17) is 0 Å². The normalized spacial score (nSPS) is 10.9. The molecule has 0 N–H and O–H groups in total. The van der Waals surface area contributed by atoms with Gasteiger partial charge in [-0.25, -0.2) is 0 Å². The Hall–Kier alpha value is -5.40. The summed E-state index contributed by atoms with van der Waals surface area (Å²) in [7, 11) is 0. The van der Waals surface area contributed by atoms with Gasteiger partial charge < -0.3 is 4.90 Å². The lowest BCUT2D eigenvalue weighted by atomic mass is 9.97. The number of fused-ring (bicyclic) bond motifs is 1. The van der Waals surface area contributed by atoms with Crippen molar-refractivity contribution in [2.45, 2.75) is 0 Å². The highest BCUT2D eigenvalue weighted by molar-refractivity contribution is 5.94. The maximum absolute atomic E-state index is 2.41. The maximum atomic E-state index is 2.41. The summed E-state index contributed by atoms with van der Waals surface area (Å²) < 4.78 is 0. The van der Waals surface area contributed by atoms with Crippen LogP contribution in [0.3, 0.4) is 0 Å². The molecule has 0 bridgehead atoms. The largest absolute Gasteiger partial charge is 0.309 e. The van der Waals surface area contributed by atoms with Crippen molar-refractivity contribution in [2.24, 2.45) is 0 Å². The molecule has 7 aromatic carbocycles. The summed E-state index contributed by atoms with van der Waals surface area (Å²) >= 11 is 0. The number of hydrogen-bond acceptors (Lipinski definition) is 1. The molecule has 0 unspecified atom stereocenters. The molecule has 7 rings (SSSR count). The van der Waals surface area contributed by atoms with Gasteiger partial charge in [-0.2, -0.15) is 0 Å². The van der Waals surface area contributed by atoms with E-state index in [1.165, 1.54) is 44.2 Å². The van der Waals surface area contributed by atoms with Crippen LogP contribution in [-0.2, 0) is 0 Å². The Bertz CT molecular complexity index is 1860. The first kappa shape index (κ1) is 24.6. The molecule has 7 aromatic rings. The molecule has 0 aliphatic carbocycles. The van der Waals surface area contributed by atoms with Gasteiger partial charge in [0.2, 0.25) is 0 Å². The summed E-state index contributed by atoms with van der Waals surface area (Å²) in [6.45, 7) is 0. The summed E-state index contributed by atoms with van der Waals surface area (Å²) in [5, 5.41) is 2.50. The van der Waals surface area contributed by atoms with Gasteiger partial charge in [-0.05, 0) is 63.4 Å². The van der Waals surface area contributed by atoms with Crippen LogP contribution in [0.5, 0.6) is 0 Å². The van der Waals surface area contributed by atoms with Gasteiger partial charge in [0, 0.05) is 16.8 Å². The van der Waals surface area contributed by atoms with E-state index in [1.54, 1.807) is 0 Å². The van der Waals surface area contributed by atoms with Crippen molar-refractivity contribution < 1.29 is 0 Å². The molecular formula is C40H29N. The Kier molecular flexibility index (Phi) is 6.61. The first-order chi connectivity index (χ1) is 20.3. The van der Waals surface area contributed by atoms with E-state index < -0.39 is 0 Å². The zero-order valence-electron chi connectivity index (χ0n) is 22.7. The van der Waals surface area contributed by atoms with Crippen molar-refractivity contribution in [2.75, 3.05) is 4.90 Å². The van der Waals surface area contributed by atoms with Crippen LogP contribution in [0.2, 0.25) is 0 Å². The number of hydrogen-bond donors (Lipinski definition) is 0. The summed E-state index contributed by atoms with van der Waals surface area (Å²) in [6, 6.07) is 62.9. The molecule has 1 nitrogen and oxygen atoms in total. The minimum atomic E-state index is 1.11. The molecule has 194 valence electrons. The fourth-order valence-corrected chi connectivity index (χ4v) is 5.66. The first-order valence-corrected chi connectivity index (χ1v) is 14.0. The van der Waals surface area contributed by atoms with Gasteiger partial charge in [0.1, 0.15) is 0 Å². The van der Waals surface area contributed by atoms with Crippen LogP contribution in [0, 0.1) is 0 Å². The average Bonchev–Trinajstić information content (AvgIpc) is 3.06. The van der Waals surface area contributed by atoms with Crippen molar-refractivity contribution in [1.29, 1.82) is 0 Å². The van der Waals surface area contributed by atoms with Gasteiger partial charge >= 0.3 is 0 Å². The first-order valence-electron chi connectivity index (χ1n) is 14.0. The molecule has 0 atom stereocenters. The molecular weight excluding hydrogens is 494 g/mol. The second-order valence-corrected chi connectivity index (χ2v) is 10.2. The van der Waals surface area contributed by atoms with Gasteiger partial charge in [0.15, 0.2) is 0 Å². The number of benzene rings is 7. The quantitative estimate of drug-likeness (QED) is 0.209. The fraction of sp³-hybridized carbons (Fsp3) is 0. The fourth-order valence-electron chi connectivity index (χ4n) is 5.66. The van der Waals surface area contributed by atoms with E-state index in [-0.39, 0.29) is 0 Å². The second-order valence-electron chi connectivity index (χ2n) is 10.2. The number of anilines is 3. The van der Waals surface area contributed by atoms with Crippen molar-refractivity contribution in [1.82, 2.24) is 0 Å². The Morgan fingerprint density at radius 3 is 1.41 bits per heavy atom. The van der Waals surface area contributed by atoms with E-state index in [0.717, 1.165) is 17.1 Å². The van der Waals surface area contributed by atoms with Crippen LogP contribution < -0.4 is 4.90 Å². The average molecular weight is 524 g/mol. The third-order valence-corrected chi connectivity index (χ3v) is 7.65. The molecule has 0 amide bonds. The Morgan fingerprint density at radius 2 is 0.780 bits per heavy atom. The van der Waals surface area contributed by atoms with Crippen LogP contribution in [0.4, 0.5) is 17.1 Å². The van der Waals surface area contributed by atoms with Crippen molar-refractivity contribution >= 4 is 27.8 Å². The zero-order valence-corrected chi connectivity index (χ0v) is 22.7. The predicted molar refractivity (Wildman–Crippen MR) is 175 cm³/mol. The molecule has 0 radical (unpaired) electrons. The van der Waals surface area contributed by atoms with Gasteiger partial charge in [-0.15, -0.1) is 0 Å². The SMILES string of the molecule is c1ccc(-c2ccccc2N(c2cccc(-c3ccc4ccccc4c3)c2)c2ccccc2-c2ccccc2)cc1. The van der Waals surface area contributed by atoms with E-state index >= 15 is 0 Å². The summed E-state index contributed by atoms with van der Waals surface area (Å²) in [4.78, 5) is 2.41. The summed E-state index contributed by atoms with van der Waals surface area (Å²) in [6.07, 6.45) is 0. The number of para-hydroxylation sites is 2. The lowest BCUT2D eigenvalue weighted by Crippen LogP contribution is -2.12. The Labute approximate surface area is 241 Å². The molecule has 0 aliphatic rings. The molecule has 0 spiro atoms. The Morgan fingerprint density at radius 1 is 0.293 bits per heavy atom. The van der Waals surface area contributed by atoms with Crippen molar-refractivity contribution in [3.63, 3.8) is 0 Å². The smallest absolute Gasteiger partial charge is 0.0540 e. The lowest BCUT2D eigenvalue weighted by molar-refractivity contribution is 1.28. The lowest BCUT2D eigenvalue weighted by Gasteiger charge is -2.30. The highest BCUT2D eigenvalue weighted by Gasteiger charge is 2.20. The van der Waals surface area contributed by atoms with E-state index in [9.17, 15) is 0 Å². The number of nitrogens with zero attached hydrogens (tertiary/aromatic N) is 1. The highest BCUT2D eigenvalue weighted by Crippen LogP contribution is 2.45. The summed E-state index contributed by atoms with van der Waals surface area (Å²) in [5.41, 5.74) is 10.5. The highest BCUT2D eigenvalue weighted by atomic mass is 15.1. The summed E-state index contributed by atoms with van der Waals surface area (Å²) in [5.74, 6) is 0. The van der Waals surface area contributed by atoms with Crippen LogP contribution in [0.25, 0.3) is 44.2 Å². The van der Waals surface area contributed by atoms with Crippen molar-refractivity contribution in [3.8, 4) is 33.4 Å². The minimum absolute atomic E-state index is 1.11. The van der Waals surface area contributed by atoms with E-state index in [1.807, 2.05) is 0 Å². The molecule has 0 aliphatic heterocycles. The molecule has 0 saturated heterocycles. The van der Waals surface area contributed by atoms with Gasteiger partial charge in [0.25, 0.3) is 0 Å². The molecule has 0 saturated carbocycles. The van der Waals surface area contributed by atoms with Crippen molar-refractivity contribution in [3.05, 3.63) is 176 Å². The third kappa shape index (κ3) is 4.90. The third-order valence-electron chi connectivity index (χ3n) is 7.65. The standard InChI is InChI=1S/C40H29N/c1-3-15-31(16-4-1)37-22-9-11-24-39(37)41(40-25-12-10-23-38(40)32-17-5-2-6-18-32)36-21-13-20-34(29-36)35-27-26-30-14-7-8-19-33(30)28-35/h1-29H. The van der Waals surface area contributed by atoms with Gasteiger partial charge in [-0.1, -0.05) is 146 Å². The molecule has 0 heterocycles. The minimum Gasteiger partial charge on any atom is -0.309 e. The van der Waals surface area contributed by atoms with Gasteiger partial charge in [-0.3, -0.25) is 0 Å². The topological polar surface area (TPSA) is 3.24 Å². The van der Waals surface area contributed by atoms with Crippen LogP contribution >= 0.6 is 0 Å². The van der Waals surface area contributed by atoms with Crippen LogP contribution in [-0.4, -0.2) is 0 Å². The van der Waals surface area contributed by atoms with E-state index in [2.05, 4.69) is 181 Å². The zero-order chi connectivity index (χ0) is 27.4. The second kappa shape index (κ2) is 11.0. The van der Waals surface area contributed by atoms with E-state index in [0.29, 0.717) is 0 Å².